The van der Waals surface area contributed by atoms with E-state index >= 15 is 0 Å². The summed E-state index contributed by atoms with van der Waals surface area (Å²) < 4.78 is 1.51. The van der Waals surface area contributed by atoms with Gasteiger partial charge in [-0.15, -0.1) is 0 Å². The number of para-hydroxylation sites is 1. The Morgan fingerprint density at radius 2 is 1.91 bits per heavy atom. The van der Waals surface area contributed by atoms with Crippen LogP contribution in [0.15, 0.2) is 29.3 Å². The van der Waals surface area contributed by atoms with Crippen LogP contribution in [0.5, 0.6) is 0 Å². The molecule has 0 bridgehead atoms. The van der Waals surface area contributed by atoms with E-state index in [0.29, 0.717) is 49.9 Å². The number of aryl methyl sites for hydroxylation is 2. The molecule has 0 saturated carbocycles. The molecule has 1 saturated heterocycles. The number of nitrogens with zero attached hydrogens (tertiary/aromatic N) is 4. The lowest BCUT2D eigenvalue weighted by Crippen LogP contribution is -2.46. The van der Waals surface area contributed by atoms with Gasteiger partial charge in [-0.1, -0.05) is 26.0 Å². The van der Waals surface area contributed by atoms with Crippen LogP contribution >= 0.6 is 0 Å². The van der Waals surface area contributed by atoms with Crippen molar-refractivity contribution in [1.29, 1.82) is 0 Å². The van der Waals surface area contributed by atoms with Crippen molar-refractivity contribution < 1.29 is 9.59 Å². The zero-order valence-corrected chi connectivity index (χ0v) is 20.6. The first kappa shape index (κ1) is 24.9. The van der Waals surface area contributed by atoms with Gasteiger partial charge in [0.25, 0.3) is 5.56 Å². The van der Waals surface area contributed by atoms with E-state index in [4.69, 9.17) is 0 Å². The topological polar surface area (TPSA) is 87.5 Å². The number of amides is 2. The van der Waals surface area contributed by atoms with Crippen LogP contribution in [-0.2, 0) is 16.1 Å². The fourth-order valence-electron chi connectivity index (χ4n) is 4.64. The lowest BCUT2D eigenvalue weighted by Gasteiger charge is -2.33. The van der Waals surface area contributed by atoms with Crippen LogP contribution in [-0.4, -0.2) is 71.4 Å². The fourth-order valence-corrected chi connectivity index (χ4v) is 4.64. The molecule has 0 radical (unpaired) electrons. The molecule has 0 spiro atoms. The van der Waals surface area contributed by atoms with Crippen molar-refractivity contribution in [2.24, 2.45) is 11.3 Å². The normalized spacial score (nSPS) is 15.3. The molecule has 0 aliphatic carbocycles. The summed E-state index contributed by atoms with van der Waals surface area (Å²) in [6.45, 7) is 9.20. The van der Waals surface area contributed by atoms with Gasteiger partial charge >= 0.3 is 0 Å². The average molecular weight is 456 g/mol. The van der Waals surface area contributed by atoms with Crippen LogP contribution in [0.25, 0.3) is 10.9 Å². The number of hydrogen-bond acceptors (Lipinski definition) is 5. The second-order valence-corrected chi connectivity index (χ2v) is 10.2. The molecule has 8 nitrogen and oxygen atoms in total. The molecule has 8 heteroatoms. The SMILES string of the molecule is Cc1cccc2c(=O)n(CCC(=O)N3CCC(C(=O)NCC(C)(C)CN(C)C)CC3)cnc12. The highest BCUT2D eigenvalue weighted by Gasteiger charge is 2.28. The average Bonchev–Trinajstić information content (AvgIpc) is 2.76. The summed E-state index contributed by atoms with van der Waals surface area (Å²) >= 11 is 0. The molecule has 1 aliphatic rings. The second-order valence-electron chi connectivity index (χ2n) is 10.2. The van der Waals surface area contributed by atoms with Crippen LogP contribution in [0.2, 0.25) is 0 Å². The first-order valence-corrected chi connectivity index (χ1v) is 11.7. The van der Waals surface area contributed by atoms with E-state index in [1.54, 1.807) is 6.07 Å². The minimum atomic E-state index is -0.121. The van der Waals surface area contributed by atoms with Gasteiger partial charge in [-0.2, -0.15) is 0 Å². The monoisotopic (exact) mass is 455 g/mol. The van der Waals surface area contributed by atoms with Gasteiger partial charge in [0.2, 0.25) is 11.8 Å². The standard InChI is InChI=1S/C25H37N5O3/c1-18-7-6-8-20-22(18)27-17-30(24(20)33)14-11-21(31)29-12-9-19(10-13-29)23(32)26-15-25(2,3)16-28(4)5/h6-8,17,19H,9-16H2,1-5H3,(H,26,32). The molecule has 3 rings (SSSR count). The molecule has 1 aliphatic heterocycles. The van der Waals surface area contributed by atoms with Crippen LogP contribution in [0.4, 0.5) is 0 Å². The van der Waals surface area contributed by atoms with Crippen molar-refractivity contribution in [3.63, 3.8) is 0 Å². The molecular weight excluding hydrogens is 418 g/mol. The predicted octanol–water partition coefficient (Wildman–Crippen LogP) is 2.04. The number of hydrogen-bond donors (Lipinski definition) is 1. The van der Waals surface area contributed by atoms with Gasteiger partial charge in [-0.3, -0.25) is 19.0 Å². The molecule has 1 N–H and O–H groups in total. The zero-order valence-electron chi connectivity index (χ0n) is 20.6. The number of carbonyl (C=O) groups excluding carboxylic acids is 2. The molecule has 0 unspecified atom stereocenters. The van der Waals surface area contributed by atoms with Gasteiger partial charge in [0.15, 0.2) is 0 Å². The minimum Gasteiger partial charge on any atom is -0.355 e. The van der Waals surface area contributed by atoms with Gasteiger partial charge in [0, 0.05) is 45.1 Å². The van der Waals surface area contributed by atoms with Gasteiger partial charge in [0.05, 0.1) is 17.2 Å². The predicted molar refractivity (Wildman–Crippen MR) is 130 cm³/mol. The van der Waals surface area contributed by atoms with E-state index in [1.165, 1.54) is 10.9 Å². The highest BCUT2D eigenvalue weighted by atomic mass is 16.2. The number of rotatable bonds is 8. The Morgan fingerprint density at radius 3 is 2.58 bits per heavy atom. The highest BCUT2D eigenvalue weighted by molar-refractivity contribution is 5.81. The van der Waals surface area contributed by atoms with Gasteiger partial charge in [-0.25, -0.2) is 4.98 Å². The molecule has 1 aromatic heterocycles. The summed E-state index contributed by atoms with van der Waals surface area (Å²) in [5, 5.41) is 3.67. The van der Waals surface area contributed by atoms with E-state index in [-0.39, 0.29) is 35.1 Å². The van der Waals surface area contributed by atoms with Crippen LogP contribution in [0, 0.1) is 18.3 Å². The maximum absolute atomic E-state index is 12.7. The molecule has 1 fully saturated rings. The number of nitrogens with one attached hydrogen (secondary N) is 1. The Kier molecular flexibility index (Phi) is 7.89. The molecule has 1 aromatic carbocycles. The molecule has 33 heavy (non-hydrogen) atoms. The largest absolute Gasteiger partial charge is 0.355 e. The summed E-state index contributed by atoms with van der Waals surface area (Å²) in [6.07, 6.45) is 3.11. The van der Waals surface area contributed by atoms with Crippen LogP contribution in [0.3, 0.4) is 0 Å². The third kappa shape index (κ3) is 6.41. The van der Waals surface area contributed by atoms with Crippen LogP contribution < -0.4 is 10.9 Å². The quantitative estimate of drug-likeness (QED) is 0.658. The van der Waals surface area contributed by atoms with Crippen molar-refractivity contribution in [2.45, 2.75) is 46.6 Å². The van der Waals surface area contributed by atoms with E-state index in [0.717, 1.165) is 12.1 Å². The fraction of sp³-hybridized carbons (Fsp3) is 0.600. The first-order valence-electron chi connectivity index (χ1n) is 11.7. The Bertz CT molecular complexity index is 1050. The van der Waals surface area contributed by atoms with Crippen molar-refractivity contribution in [2.75, 3.05) is 40.3 Å². The number of piperidine rings is 1. The van der Waals surface area contributed by atoms with E-state index in [1.807, 2.05) is 38.1 Å². The number of likely N-dealkylation sites (tertiary alicyclic amines) is 1. The van der Waals surface area contributed by atoms with Gasteiger partial charge < -0.3 is 15.1 Å². The van der Waals surface area contributed by atoms with Crippen LogP contribution in [0.1, 0.15) is 38.7 Å². The Labute approximate surface area is 196 Å². The molecule has 2 aromatic rings. The van der Waals surface area contributed by atoms with E-state index in [2.05, 4.69) is 29.0 Å². The van der Waals surface area contributed by atoms with Gasteiger partial charge in [-0.05, 0) is 50.9 Å². The molecule has 2 heterocycles. The van der Waals surface area contributed by atoms with Gasteiger partial charge in [0.1, 0.15) is 0 Å². The lowest BCUT2D eigenvalue weighted by atomic mass is 9.91. The minimum absolute atomic E-state index is 0.00420. The number of fused-ring (bicyclic) bond motifs is 1. The Balaban J connectivity index is 1.48. The van der Waals surface area contributed by atoms with Crippen molar-refractivity contribution >= 4 is 22.7 Å². The zero-order chi connectivity index (χ0) is 24.2. The maximum atomic E-state index is 12.7. The van der Waals surface area contributed by atoms with Crippen molar-refractivity contribution in [3.8, 4) is 0 Å². The smallest absolute Gasteiger partial charge is 0.261 e. The summed E-state index contributed by atoms with van der Waals surface area (Å²) in [6, 6.07) is 5.55. The Hall–Kier alpha value is -2.74. The summed E-state index contributed by atoms with van der Waals surface area (Å²) in [5.74, 6) is 0.0370. The van der Waals surface area contributed by atoms with E-state index < -0.39 is 0 Å². The lowest BCUT2D eigenvalue weighted by molar-refractivity contribution is -0.135. The second kappa shape index (κ2) is 10.5. The molecule has 0 atom stereocenters. The molecule has 2 amide bonds. The van der Waals surface area contributed by atoms with Crippen molar-refractivity contribution in [1.82, 2.24) is 24.7 Å². The Morgan fingerprint density at radius 1 is 1.21 bits per heavy atom. The highest BCUT2D eigenvalue weighted by Crippen LogP contribution is 2.20. The number of carbonyl (C=O) groups is 2. The summed E-state index contributed by atoms with van der Waals surface area (Å²) in [7, 11) is 4.06. The number of benzene rings is 1. The maximum Gasteiger partial charge on any atom is 0.261 e. The molecule has 180 valence electrons. The summed E-state index contributed by atoms with van der Waals surface area (Å²) in [5.41, 5.74) is 1.55. The molecular formula is C25H37N5O3. The third-order valence-electron chi connectivity index (χ3n) is 6.33. The number of aromatic nitrogens is 2. The summed E-state index contributed by atoms with van der Waals surface area (Å²) in [4.78, 5) is 46.4. The third-order valence-corrected chi connectivity index (χ3v) is 6.33. The first-order chi connectivity index (χ1) is 15.6. The van der Waals surface area contributed by atoms with E-state index in [9.17, 15) is 14.4 Å². The van der Waals surface area contributed by atoms with Crippen molar-refractivity contribution in [3.05, 3.63) is 40.4 Å².